The normalized spacial score (nSPS) is 14.1. The number of halogens is 1. The van der Waals surface area contributed by atoms with E-state index in [9.17, 15) is 14.0 Å². The monoisotopic (exact) mass is 289 g/mol. The molecule has 0 aliphatic carbocycles. The maximum absolute atomic E-state index is 13.4. The average molecular weight is 289 g/mol. The molecule has 2 heterocycles. The molecule has 0 fully saturated rings. The molecule has 21 heavy (non-hydrogen) atoms. The summed E-state index contributed by atoms with van der Waals surface area (Å²) >= 11 is 0. The van der Waals surface area contributed by atoms with Gasteiger partial charge >= 0.3 is 5.97 Å². The lowest BCUT2D eigenvalue weighted by molar-refractivity contribution is -0.119. The summed E-state index contributed by atoms with van der Waals surface area (Å²) in [5, 5.41) is 8.83. The van der Waals surface area contributed by atoms with E-state index in [0.29, 0.717) is 24.3 Å². The third-order valence-electron chi connectivity index (χ3n) is 3.43. The van der Waals surface area contributed by atoms with Gasteiger partial charge in [0.2, 0.25) is 11.7 Å². The molecular formula is C15H12FNO4. The van der Waals surface area contributed by atoms with Crippen molar-refractivity contribution in [1.29, 1.82) is 0 Å². The van der Waals surface area contributed by atoms with Crippen LogP contribution >= 0.6 is 0 Å². The first-order chi connectivity index (χ1) is 10.0. The molecule has 0 atom stereocenters. The van der Waals surface area contributed by atoms with Crippen molar-refractivity contribution in [3.63, 3.8) is 0 Å². The number of rotatable bonds is 3. The molecule has 1 amide bonds. The molecule has 0 bridgehead atoms. The van der Waals surface area contributed by atoms with Crippen LogP contribution in [0.5, 0.6) is 0 Å². The first-order valence-electron chi connectivity index (χ1n) is 6.45. The summed E-state index contributed by atoms with van der Waals surface area (Å²) in [6.07, 6.45) is 0.911. The van der Waals surface area contributed by atoms with Gasteiger partial charge in [-0.1, -0.05) is 6.07 Å². The van der Waals surface area contributed by atoms with E-state index in [-0.39, 0.29) is 18.2 Å². The molecule has 108 valence electrons. The summed E-state index contributed by atoms with van der Waals surface area (Å²) in [5.41, 5.74) is 1.40. The zero-order valence-corrected chi connectivity index (χ0v) is 11.0. The molecule has 0 saturated carbocycles. The number of aryl methyl sites for hydroxylation is 1. The zero-order chi connectivity index (χ0) is 15.0. The Bertz CT molecular complexity index is 722. The maximum Gasteiger partial charge on any atom is 0.371 e. The van der Waals surface area contributed by atoms with Crippen molar-refractivity contribution in [3.05, 3.63) is 53.2 Å². The van der Waals surface area contributed by atoms with Crippen LogP contribution in [0, 0.1) is 5.82 Å². The van der Waals surface area contributed by atoms with Crippen molar-refractivity contribution in [2.75, 3.05) is 4.90 Å². The summed E-state index contributed by atoms with van der Waals surface area (Å²) in [7, 11) is 0. The fourth-order valence-corrected chi connectivity index (χ4v) is 2.42. The SMILES string of the molecule is O=C(O)c1ccc(CN2C(=O)CCc3ccc(F)cc32)o1. The number of aromatic carboxylic acids is 1. The smallest absolute Gasteiger partial charge is 0.371 e. The van der Waals surface area contributed by atoms with E-state index in [1.54, 1.807) is 6.07 Å². The molecule has 3 rings (SSSR count). The van der Waals surface area contributed by atoms with Gasteiger partial charge in [-0.05, 0) is 36.2 Å². The summed E-state index contributed by atoms with van der Waals surface area (Å²) in [6, 6.07) is 7.17. The Kier molecular flexibility index (Phi) is 3.21. The van der Waals surface area contributed by atoms with Crippen LogP contribution in [0.1, 0.15) is 28.3 Å². The van der Waals surface area contributed by atoms with Gasteiger partial charge < -0.3 is 14.4 Å². The largest absolute Gasteiger partial charge is 0.475 e. The number of carboxylic acids is 1. The van der Waals surface area contributed by atoms with Gasteiger partial charge in [0.25, 0.3) is 0 Å². The lowest BCUT2D eigenvalue weighted by atomic mass is 10.0. The topological polar surface area (TPSA) is 70.8 Å². The van der Waals surface area contributed by atoms with Crippen molar-refractivity contribution < 1.29 is 23.5 Å². The Morgan fingerprint density at radius 2 is 2.10 bits per heavy atom. The molecule has 1 aromatic heterocycles. The molecule has 0 radical (unpaired) electrons. The number of nitrogens with zero attached hydrogens (tertiary/aromatic N) is 1. The number of hydrogen-bond acceptors (Lipinski definition) is 3. The Labute approximate surface area is 119 Å². The van der Waals surface area contributed by atoms with Gasteiger partial charge in [-0.2, -0.15) is 0 Å². The van der Waals surface area contributed by atoms with Gasteiger partial charge in [-0.3, -0.25) is 4.79 Å². The van der Waals surface area contributed by atoms with Crippen LogP contribution in [-0.4, -0.2) is 17.0 Å². The average Bonchev–Trinajstić information content (AvgIpc) is 2.91. The Hall–Kier alpha value is -2.63. The van der Waals surface area contributed by atoms with Gasteiger partial charge in [0.15, 0.2) is 0 Å². The van der Waals surface area contributed by atoms with Gasteiger partial charge in [0.1, 0.15) is 11.6 Å². The minimum absolute atomic E-state index is 0.0859. The molecule has 5 nitrogen and oxygen atoms in total. The van der Waals surface area contributed by atoms with Crippen molar-refractivity contribution in [2.24, 2.45) is 0 Å². The minimum atomic E-state index is -1.17. The van der Waals surface area contributed by atoms with Gasteiger partial charge in [0.05, 0.1) is 12.2 Å². The van der Waals surface area contributed by atoms with Gasteiger partial charge in [-0.25, -0.2) is 9.18 Å². The van der Waals surface area contributed by atoms with Crippen LogP contribution in [0.25, 0.3) is 0 Å². The fourth-order valence-electron chi connectivity index (χ4n) is 2.42. The lowest BCUT2D eigenvalue weighted by Gasteiger charge is -2.28. The summed E-state index contributed by atoms with van der Waals surface area (Å²) in [5.74, 6) is -1.56. The second kappa shape index (κ2) is 5.05. The number of carbonyl (C=O) groups excluding carboxylic acids is 1. The summed E-state index contributed by atoms with van der Waals surface area (Å²) < 4.78 is 18.6. The molecule has 1 aliphatic rings. The Morgan fingerprint density at radius 1 is 1.29 bits per heavy atom. The molecule has 1 aromatic carbocycles. The molecule has 2 aromatic rings. The fraction of sp³-hybridized carbons (Fsp3) is 0.200. The quantitative estimate of drug-likeness (QED) is 0.942. The predicted octanol–water partition coefficient (Wildman–Crippen LogP) is 2.60. The molecule has 0 saturated heterocycles. The number of fused-ring (bicyclic) bond motifs is 1. The van der Waals surface area contributed by atoms with Crippen molar-refractivity contribution in [3.8, 4) is 0 Å². The first kappa shape index (κ1) is 13.4. The van der Waals surface area contributed by atoms with E-state index in [0.717, 1.165) is 5.56 Å². The summed E-state index contributed by atoms with van der Waals surface area (Å²) in [6.45, 7) is 0.0859. The molecule has 0 unspecified atom stereocenters. The van der Waals surface area contributed by atoms with E-state index in [1.165, 1.54) is 29.2 Å². The van der Waals surface area contributed by atoms with Crippen molar-refractivity contribution >= 4 is 17.6 Å². The molecule has 0 spiro atoms. The van der Waals surface area contributed by atoms with Crippen LogP contribution in [-0.2, 0) is 17.8 Å². The van der Waals surface area contributed by atoms with Crippen molar-refractivity contribution in [2.45, 2.75) is 19.4 Å². The Balaban J connectivity index is 1.92. The number of hydrogen-bond donors (Lipinski definition) is 1. The number of furan rings is 1. The number of carbonyl (C=O) groups is 2. The number of benzene rings is 1. The van der Waals surface area contributed by atoms with Crippen LogP contribution in [0.3, 0.4) is 0 Å². The lowest BCUT2D eigenvalue weighted by Crippen LogP contribution is -2.34. The standard InChI is InChI=1S/C15H12FNO4/c16-10-3-1-9-2-6-14(18)17(12(9)7-10)8-11-4-5-13(21-11)15(19)20/h1,3-5,7H,2,6,8H2,(H,19,20). The summed E-state index contributed by atoms with van der Waals surface area (Å²) in [4.78, 5) is 24.3. The molecule has 1 aliphatic heterocycles. The van der Waals surface area contributed by atoms with Crippen LogP contribution in [0.4, 0.5) is 10.1 Å². The van der Waals surface area contributed by atoms with E-state index in [4.69, 9.17) is 9.52 Å². The van der Waals surface area contributed by atoms with Crippen LogP contribution < -0.4 is 4.90 Å². The number of carboxylic acid groups (broad SMARTS) is 1. The van der Waals surface area contributed by atoms with Crippen molar-refractivity contribution in [1.82, 2.24) is 0 Å². The Morgan fingerprint density at radius 3 is 2.81 bits per heavy atom. The molecule has 1 N–H and O–H groups in total. The van der Waals surface area contributed by atoms with Gasteiger partial charge in [0, 0.05) is 6.42 Å². The van der Waals surface area contributed by atoms with E-state index < -0.39 is 11.8 Å². The molecule has 6 heteroatoms. The predicted molar refractivity (Wildman–Crippen MR) is 71.6 cm³/mol. The highest BCUT2D eigenvalue weighted by molar-refractivity contribution is 5.96. The van der Waals surface area contributed by atoms with E-state index in [1.807, 2.05) is 0 Å². The second-order valence-electron chi connectivity index (χ2n) is 4.82. The minimum Gasteiger partial charge on any atom is -0.475 e. The van der Waals surface area contributed by atoms with Crippen LogP contribution in [0.15, 0.2) is 34.7 Å². The number of anilines is 1. The maximum atomic E-state index is 13.4. The van der Waals surface area contributed by atoms with Gasteiger partial charge in [-0.15, -0.1) is 0 Å². The second-order valence-corrected chi connectivity index (χ2v) is 4.82. The molecular weight excluding hydrogens is 277 g/mol. The third-order valence-corrected chi connectivity index (χ3v) is 3.43. The van der Waals surface area contributed by atoms with E-state index in [2.05, 4.69) is 0 Å². The van der Waals surface area contributed by atoms with E-state index >= 15 is 0 Å². The third kappa shape index (κ3) is 2.52. The van der Waals surface area contributed by atoms with Crippen LogP contribution in [0.2, 0.25) is 0 Å². The zero-order valence-electron chi connectivity index (χ0n) is 11.0. The highest BCUT2D eigenvalue weighted by Gasteiger charge is 2.25. The highest BCUT2D eigenvalue weighted by atomic mass is 19.1. The highest BCUT2D eigenvalue weighted by Crippen LogP contribution is 2.30. The number of amides is 1. The first-order valence-corrected chi connectivity index (χ1v) is 6.45.